The topological polar surface area (TPSA) is 67.0 Å². The summed E-state index contributed by atoms with van der Waals surface area (Å²) in [5, 5.41) is 2.72. The van der Waals surface area contributed by atoms with Crippen molar-refractivity contribution in [1.82, 2.24) is 15.3 Å². The van der Waals surface area contributed by atoms with Crippen molar-refractivity contribution in [1.29, 1.82) is 0 Å². The summed E-state index contributed by atoms with van der Waals surface area (Å²) in [4.78, 5) is 19.1. The second kappa shape index (κ2) is 6.26. The summed E-state index contributed by atoms with van der Waals surface area (Å²) in [5.74, 6) is -0.456. The van der Waals surface area contributed by atoms with Crippen molar-refractivity contribution in [3.63, 3.8) is 0 Å². The van der Waals surface area contributed by atoms with Crippen LogP contribution >= 0.6 is 0 Å². The van der Waals surface area contributed by atoms with Gasteiger partial charge in [0.1, 0.15) is 6.61 Å². The van der Waals surface area contributed by atoms with Gasteiger partial charge in [-0.15, -0.1) is 0 Å². The number of hydrogen-bond acceptors (Lipinski definition) is 3. The maximum Gasteiger partial charge on any atom is 0.251 e. The van der Waals surface area contributed by atoms with Gasteiger partial charge in [0, 0.05) is 5.56 Å². The molecule has 0 saturated carbocycles. The molecule has 0 radical (unpaired) electrons. The van der Waals surface area contributed by atoms with Gasteiger partial charge in [0.2, 0.25) is 0 Å². The zero-order chi connectivity index (χ0) is 15.4. The van der Waals surface area contributed by atoms with Gasteiger partial charge in [-0.1, -0.05) is 12.1 Å². The highest BCUT2D eigenvalue weighted by atomic mass is 19.1. The number of nitrogens with zero attached hydrogens (tertiary/aromatic N) is 1. The molecule has 0 aliphatic heterocycles. The van der Waals surface area contributed by atoms with Crippen molar-refractivity contribution < 1.29 is 13.9 Å². The van der Waals surface area contributed by atoms with Crippen LogP contribution in [-0.4, -0.2) is 29.0 Å². The van der Waals surface area contributed by atoms with E-state index in [0.29, 0.717) is 5.56 Å². The maximum absolute atomic E-state index is 13.3. The van der Waals surface area contributed by atoms with Gasteiger partial charge in [0.05, 0.1) is 23.9 Å². The Morgan fingerprint density at radius 3 is 3.00 bits per heavy atom. The van der Waals surface area contributed by atoms with Gasteiger partial charge < -0.3 is 15.0 Å². The molecule has 3 aromatic rings. The van der Waals surface area contributed by atoms with E-state index < -0.39 is 5.82 Å². The third-order valence-electron chi connectivity index (χ3n) is 3.16. The average Bonchev–Trinajstić information content (AvgIpc) is 3.00. The number of H-pyrrole nitrogens is 1. The van der Waals surface area contributed by atoms with Crippen LogP contribution < -0.4 is 10.1 Å². The minimum absolute atomic E-state index is 0.177. The molecule has 0 atom stereocenters. The number of hydrogen-bond donors (Lipinski definition) is 2. The molecule has 0 aliphatic rings. The number of carbonyl (C=O) groups is 1. The highest BCUT2D eigenvalue weighted by Gasteiger charge is 2.07. The van der Waals surface area contributed by atoms with Crippen LogP contribution in [0.5, 0.6) is 5.75 Å². The van der Waals surface area contributed by atoms with Crippen LogP contribution in [0.2, 0.25) is 0 Å². The predicted molar refractivity (Wildman–Crippen MR) is 80.3 cm³/mol. The minimum atomic E-state index is -0.418. The number of imidazole rings is 1. The molecule has 0 saturated heterocycles. The van der Waals surface area contributed by atoms with Crippen molar-refractivity contribution in [2.24, 2.45) is 0 Å². The zero-order valence-corrected chi connectivity index (χ0v) is 11.7. The van der Waals surface area contributed by atoms with Gasteiger partial charge in [-0.3, -0.25) is 4.79 Å². The highest BCUT2D eigenvalue weighted by Crippen LogP contribution is 2.15. The molecule has 0 fully saturated rings. The lowest BCUT2D eigenvalue weighted by atomic mass is 10.2. The van der Waals surface area contributed by atoms with E-state index in [1.807, 2.05) is 0 Å². The fourth-order valence-electron chi connectivity index (χ4n) is 2.07. The molecule has 2 aromatic carbocycles. The zero-order valence-electron chi connectivity index (χ0n) is 11.7. The number of benzene rings is 2. The van der Waals surface area contributed by atoms with Crippen LogP contribution in [-0.2, 0) is 0 Å². The molecule has 2 N–H and O–H groups in total. The number of aromatic amines is 1. The van der Waals surface area contributed by atoms with Gasteiger partial charge >= 0.3 is 0 Å². The van der Waals surface area contributed by atoms with E-state index in [1.54, 1.807) is 42.7 Å². The first-order chi connectivity index (χ1) is 10.7. The van der Waals surface area contributed by atoms with Gasteiger partial charge in [-0.2, -0.15) is 0 Å². The molecule has 3 rings (SSSR count). The quantitative estimate of drug-likeness (QED) is 0.711. The number of aromatic nitrogens is 2. The van der Waals surface area contributed by atoms with Crippen molar-refractivity contribution in [2.75, 3.05) is 13.2 Å². The first kappa shape index (κ1) is 14.1. The summed E-state index contributed by atoms with van der Waals surface area (Å²) in [6, 6.07) is 11.4. The summed E-state index contributed by atoms with van der Waals surface area (Å²) in [6.45, 7) is 0.479. The lowest BCUT2D eigenvalue weighted by molar-refractivity contribution is 0.0947. The molecule has 1 aromatic heterocycles. The van der Waals surface area contributed by atoms with Gasteiger partial charge in [-0.25, -0.2) is 9.37 Å². The number of rotatable bonds is 5. The molecule has 0 spiro atoms. The normalized spacial score (nSPS) is 10.6. The summed E-state index contributed by atoms with van der Waals surface area (Å²) in [6.07, 6.45) is 1.58. The van der Waals surface area contributed by atoms with Crippen molar-refractivity contribution in [3.8, 4) is 5.75 Å². The number of para-hydroxylation sites is 1. The van der Waals surface area contributed by atoms with E-state index in [9.17, 15) is 9.18 Å². The second-order valence-electron chi connectivity index (χ2n) is 4.67. The van der Waals surface area contributed by atoms with Crippen LogP contribution in [0.3, 0.4) is 0 Å². The Kier molecular flexibility index (Phi) is 4.00. The Balaban J connectivity index is 1.53. The van der Waals surface area contributed by atoms with Crippen molar-refractivity contribution in [2.45, 2.75) is 0 Å². The largest absolute Gasteiger partial charge is 0.489 e. The molecule has 112 valence electrons. The smallest absolute Gasteiger partial charge is 0.251 e. The predicted octanol–water partition coefficient (Wildman–Crippen LogP) is 2.51. The SMILES string of the molecule is O=C(NCCOc1ccccc1F)c1ccc2nc[nH]c2c1. The third-order valence-corrected chi connectivity index (χ3v) is 3.16. The minimum Gasteiger partial charge on any atom is -0.489 e. The molecule has 5 nitrogen and oxygen atoms in total. The molecule has 22 heavy (non-hydrogen) atoms. The van der Waals surface area contributed by atoms with Crippen LogP contribution in [0.4, 0.5) is 4.39 Å². The lowest BCUT2D eigenvalue weighted by Crippen LogP contribution is -2.28. The van der Waals surface area contributed by atoms with E-state index in [1.165, 1.54) is 6.07 Å². The number of halogens is 1. The first-order valence-electron chi connectivity index (χ1n) is 6.83. The van der Waals surface area contributed by atoms with Gasteiger partial charge in [0.15, 0.2) is 11.6 Å². The first-order valence-corrected chi connectivity index (χ1v) is 6.83. The Morgan fingerprint density at radius 2 is 2.14 bits per heavy atom. The summed E-state index contributed by atoms with van der Waals surface area (Å²) >= 11 is 0. The van der Waals surface area contributed by atoms with E-state index in [4.69, 9.17) is 4.74 Å². The van der Waals surface area contributed by atoms with Gasteiger partial charge in [0.25, 0.3) is 5.91 Å². The molecular weight excluding hydrogens is 285 g/mol. The molecule has 6 heteroatoms. The fourth-order valence-corrected chi connectivity index (χ4v) is 2.07. The summed E-state index contributed by atoms with van der Waals surface area (Å²) < 4.78 is 18.6. The van der Waals surface area contributed by atoms with Crippen LogP contribution in [0, 0.1) is 5.82 Å². The number of carbonyl (C=O) groups excluding carboxylic acids is 1. The average molecular weight is 299 g/mol. The summed E-state index contributed by atoms with van der Waals surface area (Å²) in [5.41, 5.74) is 2.14. The fraction of sp³-hybridized carbons (Fsp3) is 0.125. The lowest BCUT2D eigenvalue weighted by Gasteiger charge is -2.08. The third kappa shape index (κ3) is 3.06. The Bertz CT molecular complexity index is 801. The second-order valence-corrected chi connectivity index (χ2v) is 4.67. The van der Waals surface area contributed by atoms with Crippen LogP contribution in [0.1, 0.15) is 10.4 Å². The Labute approximate surface area is 126 Å². The van der Waals surface area contributed by atoms with Crippen molar-refractivity contribution in [3.05, 3.63) is 60.2 Å². The van der Waals surface area contributed by atoms with E-state index >= 15 is 0 Å². The van der Waals surface area contributed by atoms with E-state index in [2.05, 4.69) is 15.3 Å². The van der Waals surface area contributed by atoms with E-state index in [-0.39, 0.29) is 24.8 Å². The monoisotopic (exact) mass is 299 g/mol. The van der Waals surface area contributed by atoms with Crippen molar-refractivity contribution >= 4 is 16.9 Å². The number of amides is 1. The molecule has 1 amide bonds. The number of fused-ring (bicyclic) bond motifs is 1. The van der Waals surface area contributed by atoms with Gasteiger partial charge in [-0.05, 0) is 30.3 Å². The standard InChI is InChI=1S/C16H14FN3O2/c17-12-3-1-2-4-15(12)22-8-7-18-16(21)11-5-6-13-14(9-11)20-10-19-13/h1-6,9-10H,7-8H2,(H,18,21)(H,19,20). The highest BCUT2D eigenvalue weighted by molar-refractivity contribution is 5.97. The maximum atomic E-state index is 13.3. The van der Waals surface area contributed by atoms with Crippen LogP contribution in [0.15, 0.2) is 48.8 Å². The molecular formula is C16H14FN3O2. The molecule has 1 heterocycles. The van der Waals surface area contributed by atoms with Crippen LogP contribution in [0.25, 0.3) is 11.0 Å². The Hall–Kier alpha value is -2.89. The number of ether oxygens (including phenoxy) is 1. The summed E-state index contributed by atoms with van der Waals surface area (Å²) in [7, 11) is 0. The molecule has 0 unspecified atom stereocenters. The number of nitrogens with one attached hydrogen (secondary N) is 2. The van der Waals surface area contributed by atoms with E-state index in [0.717, 1.165) is 11.0 Å². The molecule has 0 aliphatic carbocycles. The molecule has 0 bridgehead atoms. The Morgan fingerprint density at radius 1 is 1.27 bits per heavy atom.